The van der Waals surface area contributed by atoms with Gasteiger partial charge in [-0.2, -0.15) is 0 Å². The van der Waals surface area contributed by atoms with Crippen LogP contribution in [0.3, 0.4) is 0 Å². The molecule has 21 heavy (non-hydrogen) atoms. The second-order valence-corrected chi connectivity index (χ2v) is 6.65. The predicted octanol–water partition coefficient (Wildman–Crippen LogP) is 3.01. The molecule has 0 spiro atoms. The van der Waals surface area contributed by atoms with Crippen LogP contribution >= 0.6 is 11.6 Å². The van der Waals surface area contributed by atoms with Crippen molar-refractivity contribution in [2.75, 3.05) is 11.5 Å². The molecule has 0 saturated carbocycles. The van der Waals surface area contributed by atoms with Crippen LogP contribution in [-0.4, -0.2) is 15.2 Å². The SMILES string of the molecule is O=S(=O)(Cc1ccccc1Cl)Nc1ccc2c(c1)OCO2. The number of ether oxygens (including phenoxy) is 2. The standard InChI is InChI=1S/C14H12ClNO4S/c15-12-4-2-1-3-10(12)8-21(17,18)16-11-5-6-13-14(7-11)20-9-19-13/h1-7,16H,8-9H2. The van der Waals surface area contributed by atoms with Gasteiger partial charge in [-0.05, 0) is 23.8 Å². The molecule has 5 nitrogen and oxygen atoms in total. The molecule has 0 aromatic heterocycles. The van der Waals surface area contributed by atoms with Crippen LogP contribution in [0.2, 0.25) is 5.02 Å². The highest BCUT2D eigenvalue weighted by molar-refractivity contribution is 7.91. The van der Waals surface area contributed by atoms with Gasteiger partial charge in [-0.15, -0.1) is 0 Å². The van der Waals surface area contributed by atoms with Gasteiger partial charge in [0.1, 0.15) is 0 Å². The summed E-state index contributed by atoms with van der Waals surface area (Å²) in [5.41, 5.74) is 0.971. The fourth-order valence-electron chi connectivity index (χ4n) is 2.00. The lowest BCUT2D eigenvalue weighted by Crippen LogP contribution is -2.15. The highest BCUT2D eigenvalue weighted by atomic mass is 35.5. The van der Waals surface area contributed by atoms with Crippen LogP contribution < -0.4 is 14.2 Å². The zero-order chi connectivity index (χ0) is 14.9. The summed E-state index contributed by atoms with van der Waals surface area (Å²) in [5, 5.41) is 0.425. The van der Waals surface area contributed by atoms with Crippen LogP contribution in [0.25, 0.3) is 0 Å². The molecule has 1 N–H and O–H groups in total. The minimum Gasteiger partial charge on any atom is -0.454 e. The molecule has 1 heterocycles. The van der Waals surface area contributed by atoms with Gasteiger partial charge < -0.3 is 9.47 Å². The molecule has 2 aromatic carbocycles. The molecule has 0 saturated heterocycles. The first-order valence-electron chi connectivity index (χ1n) is 6.17. The van der Waals surface area contributed by atoms with Crippen LogP contribution in [0.1, 0.15) is 5.56 Å². The smallest absolute Gasteiger partial charge is 0.236 e. The number of hydrogen-bond acceptors (Lipinski definition) is 4. The van der Waals surface area contributed by atoms with E-state index in [1.165, 1.54) is 0 Å². The van der Waals surface area contributed by atoms with E-state index in [9.17, 15) is 8.42 Å². The quantitative estimate of drug-likeness (QED) is 0.938. The van der Waals surface area contributed by atoms with E-state index in [-0.39, 0.29) is 12.5 Å². The van der Waals surface area contributed by atoms with E-state index in [1.807, 2.05) is 0 Å². The number of anilines is 1. The summed E-state index contributed by atoms with van der Waals surface area (Å²) in [6, 6.07) is 11.7. The predicted molar refractivity (Wildman–Crippen MR) is 80.3 cm³/mol. The van der Waals surface area contributed by atoms with Crippen molar-refractivity contribution in [3.63, 3.8) is 0 Å². The monoisotopic (exact) mass is 325 g/mol. The van der Waals surface area contributed by atoms with Crippen molar-refractivity contribution in [2.45, 2.75) is 5.75 Å². The Morgan fingerprint density at radius 1 is 1.10 bits per heavy atom. The van der Waals surface area contributed by atoms with Gasteiger partial charge in [0, 0.05) is 11.1 Å². The maximum atomic E-state index is 12.2. The van der Waals surface area contributed by atoms with Crippen LogP contribution in [-0.2, 0) is 15.8 Å². The molecule has 3 rings (SSSR count). The van der Waals surface area contributed by atoms with Gasteiger partial charge >= 0.3 is 0 Å². The highest BCUT2D eigenvalue weighted by Crippen LogP contribution is 2.34. The summed E-state index contributed by atoms with van der Waals surface area (Å²) in [4.78, 5) is 0. The summed E-state index contributed by atoms with van der Waals surface area (Å²) in [5.74, 6) is 0.929. The van der Waals surface area contributed by atoms with Gasteiger partial charge in [-0.3, -0.25) is 4.72 Å². The lowest BCUT2D eigenvalue weighted by atomic mass is 10.2. The molecule has 0 bridgehead atoms. The van der Waals surface area contributed by atoms with Crippen LogP contribution in [0.15, 0.2) is 42.5 Å². The third kappa shape index (κ3) is 3.22. The number of nitrogens with one attached hydrogen (secondary N) is 1. The Hall–Kier alpha value is -1.92. The zero-order valence-electron chi connectivity index (χ0n) is 10.9. The van der Waals surface area contributed by atoms with Crippen LogP contribution in [0.4, 0.5) is 5.69 Å². The Balaban J connectivity index is 1.79. The topological polar surface area (TPSA) is 64.6 Å². The van der Waals surface area contributed by atoms with E-state index >= 15 is 0 Å². The third-order valence-electron chi connectivity index (χ3n) is 2.95. The number of hydrogen-bond donors (Lipinski definition) is 1. The van der Waals surface area contributed by atoms with Gasteiger partial charge in [-0.25, -0.2) is 8.42 Å². The van der Waals surface area contributed by atoms with E-state index in [1.54, 1.807) is 42.5 Å². The van der Waals surface area contributed by atoms with Crippen molar-refractivity contribution in [3.8, 4) is 11.5 Å². The molecule has 110 valence electrons. The van der Waals surface area contributed by atoms with Crippen molar-refractivity contribution in [1.29, 1.82) is 0 Å². The van der Waals surface area contributed by atoms with E-state index < -0.39 is 10.0 Å². The van der Waals surface area contributed by atoms with E-state index in [0.717, 1.165) is 0 Å². The molecule has 0 aliphatic carbocycles. The summed E-state index contributed by atoms with van der Waals surface area (Å²) in [6.07, 6.45) is 0. The first-order valence-corrected chi connectivity index (χ1v) is 8.20. The number of rotatable bonds is 4. The third-order valence-corrected chi connectivity index (χ3v) is 4.56. The van der Waals surface area contributed by atoms with E-state index in [2.05, 4.69) is 4.72 Å². The van der Waals surface area contributed by atoms with Crippen molar-refractivity contribution < 1.29 is 17.9 Å². The normalized spacial score (nSPS) is 13.2. The molecular formula is C14H12ClNO4S. The molecule has 1 aliphatic rings. The number of sulfonamides is 1. The van der Waals surface area contributed by atoms with Crippen molar-refractivity contribution >= 4 is 27.3 Å². The van der Waals surface area contributed by atoms with Crippen molar-refractivity contribution in [1.82, 2.24) is 0 Å². The lowest BCUT2D eigenvalue weighted by molar-refractivity contribution is 0.174. The molecule has 1 aliphatic heterocycles. The molecule has 2 aromatic rings. The first kappa shape index (κ1) is 14.0. The Morgan fingerprint density at radius 3 is 2.67 bits per heavy atom. The molecule has 0 atom stereocenters. The second-order valence-electron chi connectivity index (χ2n) is 4.52. The second kappa shape index (κ2) is 5.46. The fourth-order valence-corrected chi connectivity index (χ4v) is 3.50. The number of fused-ring (bicyclic) bond motifs is 1. The van der Waals surface area contributed by atoms with Gasteiger partial charge in [0.15, 0.2) is 11.5 Å². The maximum absolute atomic E-state index is 12.2. The zero-order valence-corrected chi connectivity index (χ0v) is 12.4. The lowest BCUT2D eigenvalue weighted by Gasteiger charge is -2.09. The van der Waals surface area contributed by atoms with Crippen LogP contribution in [0.5, 0.6) is 11.5 Å². The summed E-state index contributed by atoms with van der Waals surface area (Å²) in [7, 11) is -3.56. The van der Waals surface area contributed by atoms with Crippen molar-refractivity contribution in [2.24, 2.45) is 0 Å². The minimum absolute atomic E-state index is 0.144. The average molecular weight is 326 g/mol. The Labute approximate surface area is 127 Å². The Bertz CT molecular complexity index is 776. The molecule has 0 amide bonds. The summed E-state index contributed by atoms with van der Waals surface area (Å²) < 4.78 is 37.3. The van der Waals surface area contributed by atoms with E-state index in [0.29, 0.717) is 27.8 Å². The average Bonchev–Trinajstić information content (AvgIpc) is 2.88. The van der Waals surface area contributed by atoms with Gasteiger partial charge in [0.25, 0.3) is 0 Å². The summed E-state index contributed by atoms with van der Waals surface area (Å²) in [6.45, 7) is 0.144. The number of benzene rings is 2. The Morgan fingerprint density at radius 2 is 1.86 bits per heavy atom. The molecular weight excluding hydrogens is 314 g/mol. The maximum Gasteiger partial charge on any atom is 0.236 e. The fraction of sp³-hybridized carbons (Fsp3) is 0.143. The summed E-state index contributed by atoms with van der Waals surface area (Å²) >= 11 is 5.98. The van der Waals surface area contributed by atoms with E-state index in [4.69, 9.17) is 21.1 Å². The van der Waals surface area contributed by atoms with Gasteiger partial charge in [-0.1, -0.05) is 29.8 Å². The molecule has 0 unspecified atom stereocenters. The minimum atomic E-state index is -3.56. The number of halogens is 1. The highest BCUT2D eigenvalue weighted by Gasteiger charge is 2.17. The first-order chi connectivity index (χ1) is 10.0. The van der Waals surface area contributed by atoms with Gasteiger partial charge in [0.05, 0.1) is 11.4 Å². The molecule has 0 radical (unpaired) electrons. The van der Waals surface area contributed by atoms with Crippen molar-refractivity contribution in [3.05, 3.63) is 53.1 Å². The Kier molecular flexibility index (Phi) is 3.65. The molecule has 7 heteroatoms. The van der Waals surface area contributed by atoms with Crippen LogP contribution in [0, 0.1) is 0 Å². The molecule has 0 fully saturated rings. The van der Waals surface area contributed by atoms with Gasteiger partial charge in [0.2, 0.25) is 16.8 Å². The largest absolute Gasteiger partial charge is 0.454 e.